The number of nitrogens with one attached hydrogen (secondary N) is 1. The molecule has 1 aromatic carbocycles. The van der Waals surface area contributed by atoms with Gasteiger partial charge in [-0.1, -0.05) is 12.1 Å². The molecule has 25 heavy (non-hydrogen) atoms. The molecule has 9 heteroatoms. The number of benzene rings is 1. The molecule has 134 valence electrons. The molecule has 0 aliphatic heterocycles. The summed E-state index contributed by atoms with van der Waals surface area (Å²) in [4.78, 5) is 25.7. The number of carbonyl (C=O) groups excluding carboxylic acids is 1. The second-order valence-electron chi connectivity index (χ2n) is 5.62. The third-order valence-electron chi connectivity index (χ3n) is 3.43. The number of aryl methyl sites for hydroxylation is 2. The van der Waals surface area contributed by atoms with Crippen molar-refractivity contribution < 1.29 is 19.6 Å². The van der Waals surface area contributed by atoms with Crippen LogP contribution in [0.5, 0.6) is 5.75 Å². The molecule has 2 aromatic rings. The Kier molecular flexibility index (Phi) is 6.07. The third kappa shape index (κ3) is 5.57. The Morgan fingerprint density at radius 2 is 2.24 bits per heavy atom. The molecule has 0 radical (unpaired) electrons. The Labute approximate surface area is 144 Å². The molecule has 1 amide bonds. The summed E-state index contributed by atoms with van der Waals surface area (Å²) in [5.74, 6) is 0.318. The Bertz CT molecular complexity index is 759. The van der Waals surface area contributed by atoms with Crippen LogP contribution in [0.4, 0.5) is 5.82 Å². The summed E-state index contributed by atoms with van der Waals surface area (Å²) in [6, 6.07) is 7.42. The molecule has 0 bridgehead atoms. The number of aromatic nitrogens is 2. The molecular formula is C16H20N4O5. The van der Waals surface area contributed by atoms with Crippen molar-refractivity contribution in [2.45, 2.75) is 26.5 Å². The van der Waals surface area contributed by atoms with E-state index in [1.165, 1.54) is 10.8 Å². The lowest BCUT2D eigenvalue weighted by atomic mass is 10.2. The summed E-state index contributed by atoms with van der Waals surface area (Å²) in [5.41, 5.74) is 1.05. The van der Waals surface area contributed by atoms with E-state index in [9.17, 15) is 20.0 Å². The predicted molar refractivity (Wildman–Crippen MR) is 89.3 cm³/mol. The van der Waals surface area contributed by atoms with E-state index in [-0.39, 0.29) is 31.4 Å². The van der Waals surface area contributed by atoms with Gasteiger partial charge in [0.15, 0.2) is 0 Å². The van der Waals surface area contributed by atoms with E-state index < -0.39 is 11.0 Å². The summed E-state index contributed by atoms with van der Waals surface area (Å²) >= 11 is 0. The molecule has 1 heterocycles. The number of hydrogen-bond acceptors (Lipinski definition) is 6. The van der Waals surface area contributed by atoms with E-state index >= 15 is 0 Å². The van der Waals surface area contributed by atoms with Crippen molar-refractivity contribution in [3.8, 4) is 5.75 Å². The van der Waals surface area contributed by atoms with Gasteiger partial charge < -0.3 is 25.3 Å². The Balaban J connectivity index is 1.76. The molecule has 0 saturated heterocycles. The highest BCUT2D eigenvalue weighted by Gasteiger charge is 2.17. The van der Waals surface area contributed by atoms with Crippen LogP contribution in [0.15, 0.2) is 30.5 Å². The quantitative estimate of drug-likeness (QED) is 0.542. The lowest BCUT2D eigenvalue weighted by molar-refractivity contribution is -0.389. The summed E-state index contributed by atoms with van der Waals surface area (Å²) in [7, 11) is 0. The minimum atomic E-state index is -0.873. The van der Waals surface area contributed by atoms with E-state index in [2.05, 4.69) is 10.3 Å². The van der Waals surface area contributed by atoms with E-state index in [0.29, 0.717) is 11.6 Å². The van der Waals surface area contributed by atoms with Gasteiger partial charge in [0.2, 0.25) is 11.7 Å². The highest BCUT2D eigenvalue weighted by atomic mass is 16.6. The number of ether oxygens (including phenoxy) is 1. The van der Waals surface area contributed by atoms with Crippen molar-refractivity contribution >= 4 is 11.7 Å². The molecule has 0 fully saturated rings. The molecule has 1 atom stereocenters. The summed E-state index contributed by atoms with van der Waals surface area (Å²) < 4.78 is 6.83. The third-order valence-corrected chi connectivity index (χ3v) is 3.43. The van der Waals surface area contributed by atoms with Crippen molar-refractivity contribution in [1.82, 2.24) is 14.9 Å². The number of aliphatic hydroxyl groups is 1. The highest BCUT2D eigenvalue weighted by molar-refractivity contribution is 5.75. The SMILES string of the molecule is Cc1cccc(OC[C@@H](O)CNC(=O)Cn2cc([N+](=O)[O-])nc2C)c1. The van der Waals surface area contributed by atoms with E-state index in [1.54, 1.807) is 13.0 Å². The Hall–Kier alpha value is -2.94. The van der Waals surface area contributed by atoms with Gasteiger partial charge in [0.1, 0.15) is 31.2 Å². The van der Waals surface area contributed by atoms with Crippen LogP contribution in [-0.4, -0.2) is 44.7 Å². The number of nitro groups is 1. The molecule has 0 aliphatic rings. The lowest BCUT2D eigenvalue weighted by Crippen LogP contribution is -2.37. The van der Waals surface area contributed by atoms with Gasteiger partial charge in [0, 0.05) is 13.5 Å². The molecule has 0 saturated carbocycles. The summed E-state index contributed by atoms with van der Waals surface area (Å²) in [6.45, 7) is 3.45. The average molecular weight is 348 g/mol. The monoisotopic (exact) mass is 348 g/mol. The van der Waals surface area contributed by atoms with Crippen LogP contribution in [0.2, 0.25) is 0 Å². The van der Waals surface area contributed by atoms with Gasteiger partial charge in [0.25, 0.3) is 0 Å². The number of carbonyl (C=O) groups is 1. The lowest BCUT2D eigenvalue weighted by Gasteiger charge is -2.13. The van der Waals surface area contributed by atoms with Gasteiger partial charge in [0.05, 0.1) is 0 Å². The number of imidazole rings is 1. The summed E-state index contributed by atoms with van der Waals surface area (Å²) in [6.07, 6.45) is 0.328. The topological polar surface area (TPSA) is 120 Å². The van der Waals surface area contributed by atoms with Crippen molar-refractivity contribution in [3.05, 3.63) is 52.0 Å². The van der Waals surface area contributed by atoms with Gasteiger partial charge in [-0.05, 0) is 34.5 Å². The minimum absolute atomic E-state index is 0.0144. The number of nitrogens with zero attached hydrogens (tertiary/aromatic N) is 3. The van der Waals surface area contributed by atoms with Gasteiger partial charge in [-0.25, -0.2) is 0 Å². The maximum Gasteiger partial charge on any atom is 0.381 e. The zero-order valence-electron chi connectivity index (χ0n) is 14.0. The second kappa shape index (κ2) is 8.25. The fourth-order valence-corrected chi connectivity index (χ4v) is 2.14. The first kappa shape index (κ1) is 18.4. The van der Waals surface area contributed by atoms with Gasteiger partial charge in [-0.15, -0.1) is 0 Å². The largest absolute Gasteiger partial charge is 0.491 e. The van der Waals surface area contributed by atoms with Crippen LogP contribution >= 0.6 is 0 Å². The smallest absolute Gasteiger partial charge is 0.381 e. The van der Waals surface area contributed by atoms with Crippen LogP contribution in [0, 0.1) is 24.0 Å². The van der Waals surface area contributed by atoms with E-state index in [0.717, 1.165) is 5.56 Å². The number of rotatable bonds is 8. The number of amides is 1. The standard InChI is InChI=1S/C16H20N4O5/c1-11-4-3-5-14(6-11)25-10-13(21)7-17-16(22)9-19-8-15(20(23)24)18-12(19)2/h3-6,8,13,21H,7,9-10H2,1-2H3,(H,17,22)/t13-/m0/s1. The van der Waals surface area contributed by atoms with E-state index in [1.807, 2.05) is 25.1 Å². The average Bonchev–Trinajstić information content (AvgIpc) is 2.92. The molecule has 0 spiro atoms. The fourth-order valence-electron chi connectivity index (χ4n) is 2.14. The Morgan fingerprint density at radius 3 is 2.88 bits per heavy atom. The van der Waals surface area contributed by atoms with Crippen LogP contribution in [0.3, 0.4) is 0 Å². The van der Waals surface area contributed by atoms with Crippen LogP contribution in [-0.2, 0) is 11.3 Å². The van der Waals surface area contributed by atoms with E-state index in [4.69, 9.17) is 4.74 Å². The molecule has 2 rings (SSSR count). The predicted octanol–water partition coefficient (Wildman–Crippen LogP) is 0.964. The highest BCUT2D eigenvalue weighted by Crippen LogP contribution is 2.12. The van der Waals surface area contributed by atoms with Crippen molar-refractivity contribution in [2.24, 2.45) is 0 Å². The first-order chi connectivity index (χ1) is 11.8. The van der Waals surface area contributed by atoms with Gasteiger partial charge >= 0.3 is 5.82 Å². The number of hydrogen-bond donors (Lipinski definition) is 2. The molecule has 2 N–H and O–H groups in total. The fraction of sp³-hybridized carbons (Fsp3) is 0.375. The normalized spacial score (nSPS) is 11.8. The zero-order chi connectivity index (χ0) is 18.4. The minimum Gasteiger partial charge on any atom is -0.491 e. The molecule has 9 nitrogen and oxygen atoms in total. The maximum absolute atomic E-state index is 11.9. The zero-order valence-corrected chi connectivity index (χ0v) is 14.0. The molecular weight excluding hydrogens is 328 g/mol. The number of aliphatic hydroxyl groups excluding tert-OH is 1. The molecule has 0 unspecified atom stereocenters. The second-order valence-corrected chi connectivity index (χ2v) is 5.62. The van der Waals surface area contributed by atoms with Crippen LogP contribution < -0.4 is 10.1 Å². The van der Waals surface area contributed by atoms with Crippen molar-refractivity contribution in [1.29, 1.82) is 0 Å². The van der Waals surface area contributed by atoms with Crippen LogP contribution in [0.25, 0.3) is 0 Å². The van der Waals surface area contributed by atoms with Gasteiger partial charge in [-0.2, -0.15) is 0 Å². The van der Waals surface area contributed by atoms with Gasteiger partial charge in [-0.3, -0.25) is 9.36 Å². The maximum atomic E-state index is 11.9. The summed E-state index contributed by atoms with van der Waals surface area (Å²) in [5, 5.41) is 23.1. The Morgan fingerprint density at radius 1 is 1.48 bits per heavy atom. The van der Waals surface area contributed by atoms with Crippen LogP contribution in [0.1, 0.15) is 11.4 Å². The first-order valence-electron chi connectivity index (χ1n) is 7.67. The molecule has 0 aliphatic carbocycles. The van der Waals surface area contributed by atoms with Crippen molar-refractivity contribution in [3.63, 3.8) is 0 Å². The van der Waals surface area contributed by atoms with Crippen molar-refractivity contribution in [2.75, 3.05) is 13.2 Å². The first-order valence-corrected chi connectivity index (χ1v) is 7.67. The molecule has 1 aromatic heterocycles.